The Bertz CT molecular complexity index is 118. The van der Waals surface area contributed by atoms with E-state index in [1.165, 1.54) is 5.17 Å². The molecule has 1 N–H and O–H groups in total. The van der Waals surface area contributed by atoms with Crippen LogP contribution >= 0.6 is 0 Å². The van der Waals surface area contributed by atoms with E-state index < -0.39 is 0 Å². The smallest absolute Gasteiger partial charge is 0.141 e. The van der Waals surface area contributed by atoms with Crippen molar-refractivity contribution in [3.63, 3.8) is 0 Å². The fourth-order valence-electron chi connectivity index (χ4n) is 0.961. The molecular formula is C6H12N2O2. The van der Waals surface area contributed by atoms with Crippen molar-refractivity contribution in [2.24, 2.45) is 0 Å². The lowest BCUT2D eigenvalue weighted by Gasteiger charge is -2.17. The summed E-state index contributed by atoms with van der Waals surface area (Å²) in [4.78, 5) is 15.4. The van der Waals surface area contributed by atoms with Gasteiger partial charge in [0, 0.05) is 6.54 Å². The Labute approximate surface area is 60.1 Å². The number of hydrazine groups is 1. The first-order chi connectivity index (χ1) is 4.88. The van der Waals surface area contributed by atoms with Crippen LogP contribution in [-0.2, 0) is 9.63 Å². The van der Waals surface area contributed by atoms with Gasteiger partial charge < -0.3 is 4.79 Å². The maximum atomic E-state index is 10.3. The van der Waals surface area contributed by atoms with E-state index in [1.807, 2.05) is 6.92 Å². The number of nitrogens with zero attached hydrogens (tertiary/aromatic N) is 1. The number of hydrogen-bond acceptors (Lipinski definition) is 4. The van der Waals surface area contributed by atoms with Crippen molar-refractivity contribution >= 4 is 6.29 Å². The second-order valence-electron chi connectivity index (χ2n) is 2.14. The first-order valence-corrected chi connectivity index (χ1v) is 3.49. The van der Waals surface area contributed by atoms with E-state index in [0.717, 1.165) is 19.3 Å². The molecule has 1 rings (SSSR count). The number of carbonyl (C=O) groups excluding carboxylic acids is 1. The van der Waals surface area contributed by atoms with Crippen molar-refractivity contribution in [2.45, 2.75) is 19.4 Å². The lowest BCUT2D eigenvalue weighted by molar-refractivity contribution is -0.194. The van der Waals surface area contributed by atoms with Crippen LogP contribution in [0, 0.1) is 0 Å². The Morgan fingerprint density at radius 2 is 2.70 bits per heavy atom. The molecule has 0 aromatic carbocycles. The molecule has 1 unspecified atom stereocenters. The molecule has 4 nitrogen and oxygen atoms in total. The molecule has 0 radical (unpaired) electrons. The van der Waals surface area contributed by atoms with Crippen molar-refractivity contribution in [3.05, 3.63) is 0 Å². The summed E-state index contributed by atoms with van der Waals surface area (Å²) >= 11 is 0. The first kappa shape index (κ1) is 7.65. The van der Waals surface area contributed by atoms with Crippen LogP contribution in [0.15, 0.2) is 0 Å². The lowest BCUT2D eigenvalue weighted by Crippen LogP contribution is -2.37. The number of carbonyl (C=O) groups is 1. The van der Waals surface area contributed by atoms with Crippen LogP contribution in [0.25, 0.3) is 0 Å². The van der Waals surface area contributed by atoms with Crippen molar-refractivity contribution in [1.29, 1.82) is 0 Å². The zero-order valence-electron chi connectivity index (χ0n) is 6.04. The van der Waals surface area contributed by atoms with E-state index in [1.54, 1.807) is 0 Å². The molecule has 0 aromatic rings. The maximum absolute atomic E-state index is 10.3. The summed E-state index contributed by atoms with van der Waals surface area (Å²) in [5.74, 6) is 0. The lowest BCUT2D eigenvalue weighted by atomic mass is 10.3. The van der Waals surface area contributed by atoms with Gasteiger partial charge in [0.05, 0.1) is 6.61 Å². The largest absolute Gasteiger partial charge is 0.301 e. The highest BCUT2D eigenvalue weighted by Gasteiger charge is 2.23. The van der Waals surface area contributed by atoms with Crippen LogP contribution in [0.4, 0.5) is 0 Å². The van der Waals surface area contributed by atoms with Gasteiger partial charge in [0.1, 0.15) is 12.3 Å². The molecule has 1 atom stereocenters. The second-order valence-corrected chi connectivity index (χ2v) is 2.14. The Hall–Kier alpha value is -0.450. The van der Waals surface area contributed by atoms with Gasteiger partial charge in [-0.25, -0.2) is 5.43 Å². The molecule has 1 aliphatic heterocycles. The minimum Gasteiger partial charge on any atom is -0.301 e. The van der Waals surface area contributed by atoms with Crippen molar-refractivity contribution in [1.82, 2.24) is 10.6 Å². The molecule has 1 fully saturated rings. The van der Waals surface area contributed by atoms with Crippen LogP contribution in [0.3, 0.4) is 0 Å². The molecule has 58 valence electrons. The van der Waals surface area contributed by atoms with E-state index in [9.17, 15) is 4.79 Å². The number of hydroxylamine groups is 1. The molecule has 1 heterocycles. The molecule has 1 saturated heterocycles. The van der Waals surface area contributed by atoms with Crippen LogP contribution in [0.1, 0.15) is 13.3 Å². The van der Waals surface area contributed by atoms with Crippen LogP contribution in [0.2, 0.25) is 0 Å². The maximum Gasteiger partial charge on any atom is 0.141 e. The standard InChI is InChI=1S/C6H12N2O2/c1-2-10-8-6(5-9)3-4-7-8/h5-7H,2-4H2,1H3. The van der Waals surface area contributed by atoms with E-state index in [-0.39, 0.29) is 6.04 Å². The molecule has 1 aliphatic rings. The Kier molecular flexibility index (Phi) is 2.80. The fourth-order valence-corrected chi connectivity index (χ4v) is 0.961. The predicted octanol–water partition coefficient (Wildman–Crippen LogP) is -0.284. The van der Waals surface area contributed by atoms with Gasteiger partial charge in [0.25, 0.3) is 0 Å². The molecule has 0 bridgehead atoms. The molecule has 0 aromatic heterocycles. The zero-order valence-corrected chi connectivity index (χ0v) is 6.04. The zero-order chi connectivity index (χ0) is 7.40. The summed E-state index contributed by atoms with van der Waals surface area (Å²) < 4.78 is 0. The van der Waals surface area contributed by atoms with Crippen molar-refractivity contribution < 1.29 is 9.63 Å². The van der Waals surface area contributed by atoms with E-state index in [4.69, 9.17) is 4.84 Å². The summed E-state index contributed by atoms with van der Waals surface area (Å²) in [5, 5.41) is 1.52. The Morgan fingerprint density at radius 3 is 3.30 bits per heavy atom. The highest BCUT2D eigenvalue weighted by atomic mass is 16.7. The van der Waals surface area contributed by atoms with Crippen molar-refractivity contribution in [2.75, 3.05) is 13.2 Å². The second kappa shape index (κ2) is 3.65. The van der Waals surface area contributed by atoms with Gasteiger partial charge in [-0.2, -0.15) is 0 Å². The third-order valence-electron chi connectivity index (χ3n) is 1.43. The first-order valence-electron chi connectivity index (χ1n) is 3.49. The molecular weight excluding hydrogens is 132 g/mol. The molecule has 10 heavy (non-hydrogen) atoms. The summed E-state index contributed by atoms with van der Waals surface area (Å²) in [6.07, 6.45) is 1.74. The van der Waals surface area contributed by atoms with Crippen LogP contribution in [-0.4, -0.2) is 30.7 Å². The van der Waals surface area contributed by atoms with Gasteiger partial charge in [-0.1, -0.05) is 0 Å². The molecule has 0 aliphatic carbocycles. The highest BCUT2D eigenvalue weighted by Crippen LogP contribution is 2.05. The number of hydrogen-bond donors (Lipinski definition) is 1. The third-order valence-corrected chi connectivity index (χ3v) is 1.43. The number of nitrogens with one attached hydrogen (secondary N) is 1. The topological polar surface area (TPSA) is 41.6 Å². The monoisotopic (exact) mass is 144 g/mol. The fraction of sp³-hybridized carbons (Fsp3) is 0.833. The van der Waals surface area contributed by atoms with Crippen LogP contribution in [0.5, 0.6) is 0 Å². The molecule has 0 spiro atoms. The van der Waals surface area contributed by atoms with E-state index >= 15 is 0 Å². The van der Waals surface area contributed by atoms with Gasteiger partial charge >= 0.3 is 0 Å². The summed E-state index contributed by atoms with van der Waals surface area (Å²) in [5.41, 5.74) is 2.94. The quantitative estimate of drug-likeness (QED) is 0.553. The Morgan fingerprint density at radius 1 is 1.90 bits per heavy atom. The third kappa shape index (κ3) is 1.53. The number of rotatable bonds is 3. The molecule has 0 saturated carbocycles. The highest BCUT2D eigenvalue weighted by molar-refractivity contribution is 5.57. The molecule has 0 amide bonds. The minimum absolute atomic E-state index is 0.0973. The average molecular weight is 144 g/mol. The van der Waals surface area contributed by atoms with Crippen LogP contribution < -0.4 is 5.43 Å². The summed E-state index contributed by atoms with van der Waals surface area (Å²) in [6.45, 7) is 3.31. The normalized spacial score (nSPS) is 27.1. The molecule has 4 heteroatoms. The average Bonchev–Trinajstić information content (AvgIpc) is 2.36. The van der Waals surface area contributed by atoms with E-state index in [0.29, 0.717) is 6.61 Å². The van der Waals surface area contributed by atoms with Crippen molar-refractivity contribution in [3.8, 4) is 0 Å². The van der Waals surface area contributed by atoms with E-state index in [2.05, 4.69) is 5.43 Å². The van der Waals surface area contributed by atoms with Gasteiger partial charge in [-0.3, -0.25) is 4.84 Å². The summed E-state index contributed by atoms with van der Waals surface area (Å²) in [6, 6.07) is -0.0973. The van der Waals surface area contributed by atoms with Gasteiger partial charge in [0.2, 0.25) is 0 Å². The minimum atomic E-state index is -0.0973. The van der Waals surface area contributed by atoms with Gasteiger partial charge in [-0.05, 0) is 13.3 Å². The SMILES string of the molecule is CCON1NCCC1C=O. The Balaban J connectivity index is 2.34. The van der Waals surface area contributed by atoms with Gasteiger partial charge in [0.15, 0.2) is 0 Å². The van der Waals surface area contributed by atoms with Gasteiger partial charge in [-0.15, -0.1) is 5.17 Å². The summed E-state index contributed by atoms with van der Waals surface area (Å²) in [7, 11) is 0. The number of aldehydes is 1. The predicted molar refractivity (Wildman–Crippen MR) is 35.9 cm³/mol.